The van der Waals surface area contributed by atoms with Gasteiger partial charge in [-0.05, 0) is 62.9 Å². The molecule has 2 heterocycles. The van der Waals surface area contributed by atoms with Gasteiger partial charge < -0.3 is 4.74 Å². The van der Waals surface area contributed by atoms with Crippen molar-refractivity contribution in [2.45, 2.75) is 32.2 Å². The maximum atomic E-state index is 12.4. The number of carbonyl (C=O) groups excluding carboxylic acids is 1. The Kier molecular flexibility index (Phi) is 6.17. The summed E-state index contributed by atoms with van der Waals surface area (Å²) in [6, 6.07) is 9.76. The number of nitrogens with zero attached hydrogens (tertiary/aromatic N) is 3. The number of para-hydroxylation sites is 1. The van der Waals surface area contributed by atoms with Gasteiger partial charge in [-0.1, -0.05) is 18.2 Å². The number of ether oxygens (including phenoxy) is 1. The molecule has 0 bridgehead atoms. The molecule has 0 aliphatic carbocycles. The van der Waals surface area contributed by atoms with Crippen LogP contribution in [0.1, 0.15) is 25.3 Å². The van der Waals surface area contributed by atoms with E-state index in [1.54, 1.807) is 25.6 Å². The molecule has 1 amide bonds. The van der Waals surface area contributed by atoms with Crippen molar-refractivity contribution in [3.8, 4) is 5.75 Å². The molecule has 2 aromatic rings. The third-order valence-corrected chi connectivity index (χ3v) is 5.08. The molecular weight excluding hydrogens is 328 g/mol. The number of aromatic nitrogens is 2. The van der Waals surface area contributed by atoms with Crippen molar-refractivity contribution >= 4 is 11.9 Å². The average Bonchev–Trinajstić information content (AvgIpc) is 2.69. The normalized spacial score (nSPS) is 16.8. The van der Waals surface area contributed by atoms with E-state index in [-0.39, 0.29) is 11.9 Å². The number of methoxy groups -OCH3 is 1. The Morgan fingerprint density at radius 3 is 2.62 bits per heavy atom. The third kappa shape index (κ3) is 4.58. The van der Waals surface area contributed by atoms with E-state index in [1.807, 2.05) is 19.1 Å². The van der Waals surface area contributed by atoms with Gasteiger partial charge in [-0.2, -0.15) is 0 Å². The molecule has 6 nitrogen and oxygen atoms in total. The largest absolute Gasteiger partial charge is 0.496 e. The minimum atomic E-state index is -0.189. The van der Waals surface area contributed by atoms with Gasteiger partial charge in [0, 0.05) is 12.4 Å². The number of rotatable bonds is 6. The van der Waals surface area contributed by atoms with Crippen molar-refractivity contribution < 1.29 is 9.53 Å². The third-order valence-electron chi connectivity index (χ3n) is 5.08. The molecular formula is C20H26N4O2. The van der Waals surface area contributed by atoms with Gasteiger partial charge in [-0.25, -0.2) is 9.97 Å². The summed E-state index contributed by atoms with van der Waals surface area (Å²) in [6.45, 7) is 3.78. The zero-order valence-corrected chi connectivity index (χ0v) is 15.4. The van der Waals surface area contributed by atoms with Crippen LogP contribution in [0, 0.1) is 5.92 Å². The van der Waals surface area contributed by atoms with Crippen molar-refractivity contribution in [3.05, 3.63) is 48.3 Å². The van der Waals surface area contributed by atoms with Gasteiger partial charge in [0.2, 0.25) is 11.9 Å². The molecule has 0 spiro atoms. The first-order chi connectivity index (χ1) is 12.7. The molecule has 1 aromatic carbocycles. The number of likely N-dealkylation sites (tertiary alicyclic amines) is 1. The lowest BCUT2D eigenvalue weighted by Crippen LogP contribution is -2.46. The highest BCUT2D eigenvalue weighted by atomic mass is 16.5. The Balaban J connectivity index is 1.50. The Morgan fingerprint density at radius 1 is 1.23 bits per heavy atom. The predicted molar refractivity (Wildman–Crippen MR) is 101 cm³/mol. The monoisotopic (exact) mass is 354 g/mol. The van der Waals surface area contributed by atoms with Gasteiger partial charge in [0.15, 0.2) is 0 Å². The minimum Gasteiger partial charge on any atom is -0.496 e. The van der Waals surface area contributed by atoms with Crippen molar-refractivity contribution in [1.29, 1.82) is 0 Å². The van der Waals surface area contributed by atoms with Gasteiger partial charge in [0.1, 0.15) is 5.75 Å². The molecule has 1 saturated heterocycles. The van der Waals surface area contributed by atoms with E-state index in [0.29, 0.717) is 11.9 Å². The van der Waals surface area contributed by atoms with E-state index in [0.717, 1.165) is 38.1 Å². The van der Waals surface area contributed by atoms with Crippen molar-refractivity contribution in [1.82, 2.24) is 14.9 Å². The lowest BCUT2D eigenvalue weighted by atomic mass is 9.89. The molecule has 1 N–H and O–H groups in total. The lowest BCUT2D eigenvalue weighted by molar-refractivity contribution is -0.121. The van der Waals surface area contributed by atoms with Gasteiger partial charge >= 0.3 is 0 Å². The zero-order chi connectivity index (χ0) is 18.4. The van der Waals surface area contributed by atoms with Crippen LogP contribution >= 0.6 is 0 Å². The molecule has 26 heavy (non-hydrogen) atoms. The molecule has 1 fully saturated rings. The van der Waals surface area contributed by atoms with E-state index >= 15 is 0 Å². The second-order valence-electron chi connectivity index (χ2n) is 6.73. The molecule has 3 rings (SSSR count). The van der Waals surface area contributed by atoms with Crippen molar-refractivity contribution in [3.63, 3.8) is 0 Å². The van der Waals surface area contributed by atoms with Crippen molar-refractivity contribution in [2.75, 3.05) is 25.5 Å². The van der Waals surface area contributed by atoms with E-state index < -0.39 is 0 Å². The highest BCUT2D eigenvalue weighted by Crippen LogP contribution is 2.27. The molecule has 6 heteroatoms. The quantitative estimate of drug-likeness (QED) is 0.864. The molecule has 1 aromatic heterocycles. The Bertz CT molecular complexity index is 715. The van der Waals surface area contributed by atoms with Crippen LogP contribution in [0.5, 0.6) is 5.75 Å². The number of piperidine rings is 1. The standard InChI is InChI=1S/C20H26N4O2/c1-15(19(25)23-20-21-10-5-11-22-20)24-12-8-16(9-13-24)14-17-6-3-4-7-18(17)26-2/h3-7,10-11,15-16H,8-9,12-14H2,1-2H3,(H,21,22,23,25). The summed E-state index contributed by atoms with van der Waals surface area (Å²) in [4.78, 5) is 22.7. The first-order valence-corrected chi connectivity index (χ1v) is 9.11. The van der Waals surface area contributed by atoms with Gasteiger partial charge in [-0.3, -0.25) is 15.0 Å². The number of hydrogen-bond donors (Lipinski definition) is 1. The summed E-state index contributed by atoms with van der Waals surface area (Å²) in [5.74, 6) is 1.88. The average molecular weight is 354 g/mol. The van der Waals surface area contributed by atoms with E-state index in [2.05, 4.69) is 32.3 Å². The first kappa shape index (κ1) is 18.3. The highest BCUT2D eigenvalue weighted by molar-refractivity contribution is 5.93. The summed E-state index contributed by atoms with van der Waals surface area (Å²) in [6.07, 6.45) is 6.43. The summed E-state index contributed by atoms with van der Waals surface area (Å²) in [5, 5.41) is 2.79. The van der Waals surface area contributed by atoms with Crippen LogP contribution in [0.15, 0.2) is 42.7 Å². The smallest absolute Gasteiger partial charge is 0.243 e. The number of amides is 1. The van der Waals surface area contributed by atoms with Crippen LogP contribution in [0.25, 0.3) is 0 Å². The maximum absolute atomic E-state index is 12.4. The predicted octanol–water partition coefficient (Wildman–Crippen LogP) is 2.77. The summed E-state index contributed by atoms with van der Waals surface area (Å²) >= 11 is 0. The summed E-state index contributed by atoms with van der Waals surface area (Å²) in [5.41, 5.74) is 1.26. The van der Waals surface area contributed by atoms with Crippen LogP contribution in [-0.4, -0.2) is 47.0 Å². The Hall–Kier alpha value is -2.47. The number of nitrogens with one attached hydrogen (secondary N) is 1. The topological polar surface area (TPSA) is 67.3 Å². The molecule has 0 radical (unpaired) electrons. The first-order valence-electron chi connectivity index (χ1n) is 9.11. The van der Waals surface area contributed by atoms with Crippen molar-refractivity contribution in [2.24, 2.45) is 5.92 Å². The Morgan fingerprint density at radius 2 is 1.92 bits per heavy atom. The Labute approximate surface area is 154 Å². The van der Waals surface area contributed by atoms with Gasteiger partial charge in [0.05, 0.1) is 13.2 Å². The second kappa shape index (κ2) is 8.76. The summed E-state index contributed by atoms with van der Waals surface area (Å²) in [7, 11) is 1.72. The molecule has 1 aliphatic heterocycles. The SMILES string of the molecule is COc1ccccc1CC1CCN(C(C)C(=O)Nc2ncccn2)CC1. The molecule has 1 unspecified atom stereocenters. The van der Waals surface area contributed by atoms with Crippen LogP contribution < -0.4 is 10.1 Å². The fourth-order valence-corrected chi connectivity index (χ4v) is 3.47. The summed E-state index contributed by atoms with van der Waals surface area (Å²) < 4.78 is 5.46. The van der Waals surface area contributed by atoms with Gasteiger partial charge in [0.25, 0.3) is 0 Å². The van der Waals surface area contributed by atoms with E-state index in [1.165, 1.54) is 5.56 Å². The lowest BCUT2D eigenvalue weighted by Gasteiger charge is -2.35. The minimum absolute atomic E-state index is 0.0561. The molecule has 1 atom stereocenters. The van der Waals surface area contributed by atoms with Crippen LogP contribution in [0.2, 0.25) is 0 Å². The van der Waals surface area contributed by atoms with Crippen LogP contribution in [-0.2, 0) is 11.2 Å². The molecule has 1 aliphatic rings. The fraction of sp³-hybridized carbons (Fsp3) is 0.450. The highest BCUT2D eigenvalue weighted by Gasteiger charge is 2.27. The number of benzene rings is 1. The van der Waals surface area contributed by atoms with Crippen LogP contribution in [0.4, 0.5) is 5.95 Å². The molecule has 138 valence electrons. The number of anilines is 1. The fourth-order valence-electron chi connectivity index (χ4n) is 3.47. The zero-order valence-electron chi connectivity index (χ0n) is 15.4. The number of carbonyl (C=O) groups is 1. The van der Waals surface area contributed by atoms with Crippen LogP contribution in [0.3, 0.4) is 0 Å². The molecule has 0 saturated carbocycles. The van der Waals surface area contributed by atoms with E-state index in [9.17, 15) is 4.79 Å². The number of hydrogen-bond acceptors (Lipinski definition) is 5. The maximum Gasteiger partial charge on any atom is 0.243 e. The van der Waals surface area contributed by atoms with E-state index in [4.69, 9.17) is 4.74 Å². The van der Waals surface area contributed by atoms with Gasteiger partial charge in [-0.15, -0.1) is 0 Å². The second-order valence-corrected chi connectivity index (χ2v) is 6.73.